The Bertz CT molecular complexity index is 1890. The molecule has 0 saturated carbocycles. The highest BCUT2D eigenvalue weighted by molar-refractivity contribution is 5.63. The first kappa shape index (κ1) is 38.3. The van der Waals surface area contributed by atoms with Crippen LogP contribution in [0.15, 0.2) is 94.8 Å². The number of nitrogens with zero attached hydrogens (tertiary/aromatic N) is 4. The van der Waals surface area contributed by atoms with Crippen LogP contribution in [0.25, 0.3) is 0 Å². The van der Waals surface area contributed by atoms with Gasteiger partial charge in [0.1, 0.15) is 29.9 Å². The van der Waals surface area contributed by atoms with E-state index in [2.05, 4.69) is 54.4 Å². The Kier molecular flexibility index (Phi) is 12.5. The standard InChI is InChI=1S/C42H50N4O6/c1-8-16-30-26-46(41(49)44-40(30)43-27-45(24-28(2)3)25-29(4)5)37-23-34(47)38(52-37)39(48)42(31-17-10-9-11-18-31,32-19-12-14-21-35(32)50-6)33-20-13-15-22-36(33)51-7/h9-15,17-22,26-29,34,37-39,47-48H,23-25H2,1-7H3/t34-,37+,38-,39?/m0/s1. The Morgan fingerprint density at radius 1 is 0.962 bits per heavy atom. The lowest BCUT2D eigenvalue weighted by Gasteiger charge is -2.43. The van der Waals surface area contributed by atoms with Gasteiger partial charge in [-0.1, -0.05) is 100 Å². The highest BCUT2D eigenvalue weighted by Crippen LogP contribution is 2.51. The van der Waals surface area contributed by atoms with Crippen molar-refractivity contribution in [3.8, 4) is 23.3 Å². The molecule has 2 heterocycles. The molecule has 0 spiro atoms. The largest absolute Gasteiger partial charge is 0.496 e. The van der Waals surface area contributed by atoms with Crippen LogP contribution in [0.2, 0.25) is 0 Å². The zero-order valence-electron chi connectivity index (χ0n) is 31.1. The molecule has 0 radical (unpaired) electrons. The summed E-state index contributed by atoms with van der Waals surface area (Å²) in [5.74, 6) is 8.03. The summed E-state index contributed by atoms with van der Waals surface area (Å²) in [7, 11) is 3.16. The number of rotatable bonds is 14. The van der Waals surface area contributed by atoms with Gasteiger partial charge in [-0.2, -0.15) is 4.98 Å². The molecule has 5 rings (SSSR count). The predicted octanol–water partition coefficient (Wildman–Crippen LogP) is 5.95. The Balaban J connectivity index is 1.60. The SMILES string of the molecule is CC#Cc1cn([C@H]2C[C@H](O)[C@@H](C(O)C(c3ccccc3)(c3ccccc3OC)c3ccccc3OC)O2)c(=O)nc1N=CN(CC(C)C)CC(C)C. The summed E-state index contributed by atoms with van der Waals surface area (Å²) in [6, 6.07) is 24.5. The van der Waals surface area contributed by atoms with Crippen LogP contribution < -0.4 is 15.2 Å². The Labute approximate surface area is 306 Å². The predicted molar refractivity (Wildman–Crippen MR) is 203 cm³/mol. The van der Waals surface area contributed by atoms with E-state index in [4.69, 9.17) is 14.2 Å². The minimum atomic E-state index is -1.40. The number of hydrogen-bond donors (Lipinski definition) is 2. The number of aliphatic imine (C=N–C) groups is 1. The van der Waals surface area contributed by atoms with E-state index in [9.17, 15) is 15.0 Å². The smallest absolute Gasteiger partial charge is 0.351 e. The first-order chi connectivity index (χ1) is 25.0. The molecule has 1 aliphatic rings. The van der Waals surface area contributed by atoms with Crippen molar-refractivity contribution in [3.05, 3.63) is 118 Å². The summed E-state index contributed by atoms with van der Waals surface area (Å²) in [6.07, 6.45) is -1.36. The van der Waals surface area contributed by atoms with Crippen LogP contribution in [0.1, 0.15) is 69.5 Å². The molecule has 1 unspecified atom stereocenters. The fourth-order valence-corrected chi connectivity index (χ4v) is 7.20. The number of aliphatic hydroxyl groups is 2. The van der Waals surface area contributed by atoms with Crippen LogP contribution in [0.3, 0.4) is 0 Å². The Morgan fingerprint density at radius 2 is 1.52 bits per heavy atom. The Morgan fingerprint density at radius 3 is 2.06 bits per heavy atom. The van der Waals surface area contributed by atoms with Gasteiger partial charge in [0.15, 0.2) is 5.82 Å². The van der Waals surface area contributed by atoms with Gasteiger partial charge in [-0.15, -0.1) is 5.92 Å². The molecule has 0 bridgehead atoms. The van der Waals surface area contributed by atoms with Gasteiger partial charge in [0, 0.05) is 36.8 Å². The molecule has 10 heteroatoms. The summed E-state index contributed by atoms with van der Waals surface area (Å²) in [4.78, 5) is 24.7. The normalized spacial score (nSPS) is 18.0. The lowest BCUT2D eigenvalue weighted by Crippen LogP contribution is -2.51. The van der Waals surface area contributed by atoms with Crippen molar-refractivity contribution >= 4 is 12.2 Å². The molecule has 2 N–H and O–H groups in total. The summed E-state index contributed by atoms with van der Waals surface area (Å²) in [6.45, 7) is 11.9. The third-order valence-corrected chi connectivity index (χ3v) is 9.23. The number of aromatic nitrogens is 2. The van der Waals surface area contributed by atoms with Crippen molar-refractivity contribution in [1.82, 2.24) is 14.5 Å². The lowest BCUT2D eigenvalue weighted by atomic mass is 9.63. The van der Waals surface area contributed by atoms with Gasteiger partial charge in [0.2, 0.25) is 0 Å². The number of hydrogen-bond acceptors (Lipinski definition) is 8. The minimum Gasteiger partial charge on any atom is -0.496 e. The van der Waals surface area contributed by atoms with Crippen LogP contribution in [-0.2, 0) is 10.2 Å². The van der Waals surface area contributed by atoms with E-state index in [0.29, 0.717) is 40.0 Å². The topological polar surface area (TPSA) is 119 Å². The van der Waals surface area contributed by atoms with E-state index in [1.165, 1.54) is 4.57 Å². The van der Waals surface area contributed by atoms with Gasteiger partial charge in [-0.3, -0.25) is 4.57 Å². The fraction of sp³-hybridized carbons (Fsp3) is 0.405. The quantitative estimate of drug-likeness (QED) is 0.0716. The molecule has 274 valence electrons. The molecule has 4 aromatic rings. The van der Waals surface area contributed by atoms with E-state index in [1.807, 2.05) is 78.9 Å². The number of para-hydroxylation sites is 2. The maximum Gasteiger partial charge on any atom is 0.351 e. The second-order valence-corrected chi connectivity index (χ2v) is 13.9. The number of benzene rings is 3. The van der Waals surface area contributed by atoms with Crippen LogP contribution in [0.5, 0.6) is 11.5 Å². The molecule has 0 amide bonds. The third kappa shape index (κ3) is 7.92. The zero-order valence-corrected chi connectivity index (χ0v) is 31.1. The summed E-state index contributed by atoms with van der Waals surface area (Å²) in [5, 5.41) is 24.6. The van der Waals surface area contributed by atoms with Gasteiger partial charge in [-0.05, 0) is 36.5 Å². The van der Waals surface area contributed by atoms with E-state index in [1.54, 1.807) is 33.7 Å². The van der Waals surface area contributed by atoms with E-state index in [0.717, 1.165) is 18.7 Å². The highest BCUT2D eigenvalue weighted by Gasteiger charge is 2.54. The maximum absolute atomic E-state index is 13.7. The number of aliphatic hydroxyl groups excluding tert-OH is 2. The van der Waals surface area contributed by atoms with Crippen molar-refractivity contribution in [2.45, 2.75) is 71.0 Å². The molecule has 1 aliphatic heterocycles. The molecule has 52 heavy (non-hydrogen) atoms. The first-order valence-corrected chi connectivity index (χ1v) is 17.7. The average molecular weight is 707 g/mol. The second-order valence-electron chi connectivity index (χ2n) is 13.9. The zero-order chi connectivity index (χ0) is 37.4. The monoisotopic (exact) mass is 706 g/mol. The number of ether oxygens (including phenoxy) is 3. The van der Waals surface area contributed by atoms with Gasteiger partial charge >= 0.3 is 5.69 Å². The average Bonchev–Trinajstić information content (AvgIpc) is 3.53. The van der Waals surface area contributed by atoms with Crippen LogP contribution in [0.4, 0.5) is 5.82 Å². The van der Waals surface area contributed by atoms with Crippen molar-refractivity contribution in [3.63, 3.8) is 0 Å². The number of methoxy groups -OCH3 is 2. The van der Waals surface area contributed by atoms with Gasteiger partial charge < -0.3 is 29.3 Å². The second kappa shape index (κ2) is 17.0. The van der Waals surface area contributed by atoms with Crippen molar-refractivity contribution < 1.29 is 24.4 Å². The minimum absolute atomic E-state index is 0.0181. The lowest BCUT2D eigenvalue weighted by molar-refractivity contribution is -0.0979. The molecule has 1 aromatic heterocycles. The fourth-order valence-electron chi connectivity index (χ4n) is 7.20. The van der Waals surface area contributed by atoms with E-state index >= 15 is 0 Å². The molecule has 10 nitrogen and oxygen atoms in total. The van der Waals surface area contributed by atoms with Gasteiger partial charge in [0.25, 0.3) is 0 Å². The highest BCUT2D eigenvalue weighted by atomic mass is 16.5. The van der Waals surface area contributed by atoms with Crippen molar-refractivity contribution in [1.29, 1.82) is 0 Å². The summed E-state index contributed by atoms with van der Waals surface area (Å²) in [5.41, 5.74) is 0.483. The molecule has 1 saturated heterocycles. The van der Waals surface area contributed by atoms with Gasteiger partial charge in [0.05, 0.1) is 37.6 Å². The molecule has 0 aliphatic carbocycles. The van der Waals surface area contributed by atoms with Crippen LogP contribution in [0, 0.1) is 23.7 Å². The third-order valence-electron chi connectivity index (χ3n) is 9.23. The molecular formula is C42H50N4O6. The molecule has 1 fully saturated rings. The molecule has 4 atom stereocenters. The van der Waals surface area contributed by atoms with Gasteiger partial charge in [-0.25, -0.2) is 9.79 Å². The molecular weight excluding hydrogens is 656 g/mol. The summed E-state index contributed by atoms with van der Waals surface area (Å²) >= 11 is 0. The maximum atomic E-state index is 13.7. The van der Waals surface area contributed by atoms with Crippen molar-refractivity contribution in [2.75, 3.05) is 27.3 Å². The van der Waals surface area contributed by atoms with Crippen LogP contribution in [-0.4, -0.2) is 76.6 Å². The summed E-state index contributed by atoms with van der Waals surface area (Å²) < 4.78 is 19.6. The van der Waals surface area contributed by atoms with Crippen LogP contribution >= 0.6 is 0 Å². The Hall–Kier alpha value is -4.95. The van der Waals surface area contributed by atoms with Crippen molar-refractivity contribution in [2.24, 2.45) is 16.8 Å². The molecule has 3 aromatic carbocycles. The van der Waals surface area contributed by atoms with E-state index in [-0.39, 0.29) is 12.2 Å². The van der Waals surface area contributed by atoms with E-state index < -0.39 is 35.6 Å². The first-order valence-electron chi connectivity index (χ1n) is 17.7.